The molecule has 29 heavy (non-hydrogen) atoms. The van der Waals surface area contributed by atoms with Crippen molar-refractivity contribution in [2.45, 2.75) is 13.0 Å². The van der Waals surface area contributed by atoms with E-state index in [0.717, 1.165) is 11.3 Å². The number of nitrogens with one attached hydrogen (secondary N) is 1. The molecule has 0 fully saturated rings. The highest BCUT2D eigenvalue weighted by Crippen LogP contribution is 2.21. The number of aromatic nitrogens is 4. The van der Waals surface area contributed by atoms with Gasteiger partial charge in [-0.15, -0.1) is 0 Å². The Labute approximate surface area is 166 Å². The number of hydrogen-bond donors (Lipinski definition) is 3. The molecule has 2 aromatic heterocycles. The van der Waals surface area contributed by atoms with Crippen LogP contribution in [0.5, 0.6) is 5.75 Å². The summed E-state index contributed by atoms with van der Waals surface area (Å²) in [6.07, 6.45) is 0.608. The maximum atomic E-state index is 12.6. The number of aliphatic hydroxyl groups is 2. The highest BCUT2D eigenvalue weighted by atomic mass is 16.5. The number of aliphatic hydroxyl groups excluding tert-OH is 2. The van der Waals surface area contributed by atoms with Crippen LogP contribution in [0.15, 0.2) is 33.9 Å². The van der Waals surface area contributed by atoms with E-state index >= 15 is 0 Å². The fourth-order valence-corrected chi connectivity index (χ4v) is 3.26. The summed E-state index contributed by atoms with van der Waals surface area (Å²) >= 11 is 0. The highest BCUT2D eigenvalue weighted by molar-refractivity contribution is 5.74. The van der Waals surface area contributed by atoms with Crippen LogP contribution in [0, 0.1) is 0 Å². The van der Waals surface area contributed by atoms with E-state index in [0.29, 0.717) is 18.9 Å². The van der Waals surface area contributed by atoms with Gasteiger partial charge in [-0.05, 0) is 24.1 Å². The minimum absolute atomic E-state index is 0.142. The maximum absolute atomic E-state index is 12.6. The lowest BCUT2D eigenvalue weighted by molar-refractivity contribution is 0.279. The molecule has 2 heterocycles. The number of nitrogens with zero attached hydrogens (tertiary/aromatic N) is 4. The van der Waals surface area contributed by atoms with E-state index in [1.807, 2.05) is 24.3 Å². The van der Waals surface area contributed by atoms with E-state index in [9.17, 15) is 19.8 Å². The van der Waals surface area contributed by atoms with E-state index in [-0.39, 0.29) is 37.5 Å². The van der Waals surface area contributed by atoms with Gasteiger partial charge in [0.1, 0.15) is 5.75 Å². The van der Waals surface area contributed by atoms with Gasteiger partial charge < -0.3 is 24.4 Å². The van der Waals surface area contributed by atoms with Crippen molar-refractivity contribution in [3.05, 3.63) is 50.7 Å². The lowest BCUT2D eigenvalue weighted by Gasteiger charge is -2.22. The van der Waals surface area contributed by atoms with Gasteiger partial charge >= 0.3 is 5.69 Å². The standard InChI is InChI=1S/C19H25N5O5/c1-22-16-15(17(27)21-19(22)28)24(18(20-16)23(9-11-25)10-12-26)8-7-13-3-5-14(29-2)6-4-13/h3-6,25-26H,7-12H2,1-2H3,(H,21,27,28). The summed E-state index contributed by atoms with van der Waals surface area (Å²) in [5.41, 5.74) is 0.491. The van der Waals surface area contributed by atoms with Crippen molar-refractivity contribution in [3.63, 3.8) is 0 Å². The molecule has 0 radical (unpaired) electrons. The van der Waals surface area contributed by atoms with Gasteiger partial charge in [0, 0.05) is 26.7 Å². The number of H-pyrrole nitrogens is 1. The van der Waals surface area contributed by atoms with Crippen LogP contribution in [0.25, 0.3) is 11.2 Å². The van der Waals surface area contributed by atoms with Crippen LogP contribution in [0.2, 0.25) is 0 Å². The molecule has 0 aliphatic rings. The van der Waals surface area contributed by atoms with Crippen LogP contribution < -0.4 is 20.9 Å². The lowest BCUT2D eigenvalue weighted by atomic mass is 10.1. The minimum Gasteiger partial charge on any atom is -0.497 e. The molecule has 0 saturated heterocycles. The molecule has 156 valence electrons. The number of ether oxygens (including phenoxy) is 1. The fourth-order valence-electron chi connectivity index (χ4n) is 3.26. The van der Waals surface area contributed by atoms with Gasteiger partial charge in [-0.3, -0.25) is 14.3 Å². The average molecular weight is 403 g/mol. The van der Waals surface area contributed by atoms with Gasteiger partial charge in [-0.25, -0.2) is 4.79 Å². The van der Waals surface area contributed by atoms with Crippen molar-refractivity contribution in [1.82, 2.24) is 19.1 Å². The molecule has 3 N–H and O–H groups in total. The second kappa shape index (κ2) is 8.93. The quantitative estimate of drug-likeness (QED) is 0.438. The predicted octanol–water partition coefficient (Wildman–Crippen LogP) is -0.534. The molecular formula is C19H25N5O5. The molecule has 0 aliphatic heterocycles. The van der Waals surface area contributed by atoms with Crippen molar-refractivity contribution in [2.24, 2.45) is 7.05 Å². The normalized spacial score (nSPS) is 11.2. The molecule has 0 saturated carbocycles. The third kappa shape index (κ3) is 4.17. The number of aryl methyl sites for hydroxylation is 3. The number of methoxy groups -OCH3 is 1. The van der Waals surface area contributed by atoms with Crippen LogP contribution in [-0.4, -0.2) is 62.7 Å². The van der Waals surface area contributed by atoms with Gasteiger partial charge in [0.25, 0.3) is 5.56 Å². The summed E-state index contributed by atoms with van der Waals surface area (Å²) < 4.78 is 8.18. The summed E-state index contributed by atoms with van der Waals surface area (Å²) in [7, 11) is 3.14. The number of hydrogen-bond acceptors (Lipinski definition) is 7. The van der Waals surface area contributed by atoms with E-state index in [4.69, 9.17) is 4.74 Å². The first-order valence-electron chi connectivity index (χ1n) is 9.29. The average Bonchev–Trinajstić information content (AvgIpc) is 3.11. The topological polar surface area (TPSA) is 126 Å². The number of rotatable bonds is 9. The van der Waals surface area contributed by atoms with Crippen molar-refractivity contribution in [2.75, 3.05) is 38.3 Å². The Bertz CT molecular complexity index is 1080. The predicted molar refractivity (Wildman–Crippen MR) is 109 cm³/mol. The second-order valence-corrected chi connectivity index (χ2v) is 6.59. The lowest BCUT2D eigenvalue weighted by Crippen LogP contribution is -2.32. The van der Waals surface area contributed by atoms with Crippen LogP contribution >= 0.6 is 0 Å². The number of aromatic amines is 1. The van der Waals surface area contributed by atoms with E-state index in [2.05, 4.69) is 9.97 Å². The zero-order valence-electron chi connectivity index (χ0n) is 16.5. The molecule has 10 nitrogen and oxygen atoms in total. The maximum Gasteiger partial charge on any atom is 0.329 e. The monoisotopic (exact) mass is 403 g/mol. The molecule has 0 spiro atoms. The van der Waals surface area contributed by atoms with Gasteiger partial charge in [0.15, 0.2) is 11.2 Å². The van der Waals surface area contributed by atoms with Gasteiger partial charge in [-0.2, -0.15) is 4.98 Å². The molecule has 3 aromatic rings. The third-order valence-corrected chi connectivity index (χ3v) is 4.79. The van der Waals surface area contributed by atoms with Crippen molar-refractivity contribution < 1.29 is 14.9 Å². The summed E-state index contributed by atoms with van der Waals surface area (Å²) in [5, 5.41) is 18.8. The molecule has 0 unspecified atom stereocenters. The van der Waals surface area contributed by atoms with Crippen LogP contribution in [0.4, 0.5) is 5.95 Å². The Kier molecular flexibility index (Phi) is 6.35. The van der Waals surface area contributed by atoms with Gasteiger partial charge in [0.05, 0.1) is 20.3 Å². The first-order chi connectivity index (χ1) is 14.0. The Morgan fingerprint density at radius 1 is 1.14 bits per heavy atom. The fraction of sp³-hybridized carbons (Fsp3) is 0.421. The first kappa shape index (κ1) is 20.6. The van der Waals surface area contributed by atoms with Crippen LogP contribution in [0.3, 0.4) is 0 Å². The molecule has 1 aromatic carbocycles. The zero-order chi connectivity index (χ0) is 21.0. The Morgan fingerprint density at radius 3 is 2.38 bits per heavy atom. The third-order valence-electron chi connectivity index (χ3n) is 4.79. The van der Waals surface area contributed by atoms with E-state index in [1.165, 1.54) is 11.6 Å². The molecule has 10 heteroatoms. The zero-order valence-corrected chi connectivity index (χ0v) is 16.5. The second-order valence-electron chi connectivity index (χ2n) is 6.59. The summed E-state index contributed by atoms with van der Waals surface area (Å²) in [4.78, 5) is 33.0. The van der Waals surface area contributed by atoms with Crippen LogP contribution in [-0.2, 0) is 20.0 Å². The molecule has 3 rings (SSSR count). The van der Waals surface area contributed by atoms with Crippen molar-refractivity contribution in [1.29, 1.82) is 0 Å². The summed E-state index contributed by atoms with van der Waals surface area (Å²) in [5.74, 6) is 1.18. The Hall–Kier alpha value is -3.11. The molecule has 0 bridgehead atoms. The molecule has 0 aliphatic carbocycles. The molecule has 0 amide bonds. The van der Waals surface area contributed by atoms with Crippen LogP contribution in [0.1, 0.15) is 5.56 Å². The molecular weight excluding hydrogens is 378 g/mol. The minimum atomic E-state index is -0.551. The largest absolute Gasteiger partial charge is 0.497 e. The number of anilines is 1. The summed E-state index contributed by atoms with van der Waals surface area (Å²) in [6, 6.07) is 7.61. The summed E-state index contributed by atoms with van der Waals surface area (Å²) in [6.45, 7) is 0.608. The number of fused-ring (bicyclic) bond motifs is 1. The smallest absolute Gasteiger partial charge is 0.329 e. The first-order valence-corrected chi connectivity index (χ1v) is 9.29. The Morgan fingerprint density at radius 2 is 1.79 bits per heavy atom. The molecule has 0 atom stereocenters. The number of benzene rings is 1. The number of imidazole rings is 1. The highest BCUT2D eigenvalue weighted by Gasteiger charge is 2.21. The van der Waals surface area contributed by atoms with Gasteiger partial charge in [0.2, 0.25) is 5.95 Å². The van der Waals surface area contributed by atoms with E-state index in [1.54, 1.807) is 16.6 Å². The van der Waals surface area contributed by atoms with Crippen molar-refractivity contribution in [3.8, 4) is 5.75 Å². The Balaban J connectivity index is 2.08. The van der Waals surface area contributed by atoms with Gasteiger partial charge in [-0.1, -0.05) is 12.1 Å². The SMILES string of the molecule is COc1ccc(CCn2c(N(CCO)CCO)nc3c2c(=O)[nH]c(=O)n3C)cc1. The van der Waals surface area contributed by atoms with E-state index < -0.39 is 11.2 Å². The van der Waals surface area contributed by atoms with Crippen molar-refractivity contribution >= 4 is 17.1 Å².